The van der Waals surface area contributed by atoms with E-state index in [0.717, 1.165) is 41.1 Å². The van der Waals surface area contributed by atoms with E-state index in [2.05, 4.69) is 17.3 Å². The molecule has 1 unspecified atom stereocenters. The van der Waals surface area contributed by atoms with Crippen LogP contribution in [-0.2, 0) is 31.2 Å². The Morgan fingerprint density at radius 1 is 1.56 bits per heavy atom. The lowest BCUT2D eigenvalue weighted by Gasteiger charge is -2.20. The molecule has 0 aromatic carbocycles. The molecule has 1 atom stereocenters. The Morgan fingerprint density at radius 3 is 2.93 bits per heavy atom. The molecule has 146 valence electrons. The first-order valence-corrected chi connectivity index (χ1v) is 10.3. The summed E-state index contributed by atoms with van der Waals surface area (Å²) in [6, 6.07) is 0. The van der Waals surface area contributed by atoms with E-state index in [-0.39, 0.29) is 5.97 Å². The van der Waals surface area contributed by atoms with E-state index in [9.17, 15) is 4.79 Å². The van der Waals surface area contributed by atoms with Crippen molar-refractivity contribution in [3.05, 3.63) is 33.5 Å². The van der Waals surface area contributed by atoms with Crippen molar-refractivity contribution in [1.82, 2.24) is 14.7 Å². The number of carbonyl (C=O) groups is 1. The van der Waals surface area contributed by atoms with Crippen LogP contribution >= 0.6 is 23.6 Å². The molecule has 1 N–H and O–H groups in total. The van der Waals surface area contributed by atoms with Gasteiger partial charge in [-0.1, -0.05) is 6.92 Å². The van der Waals surface area contributed by atoms with Crippen LogP contribution in [0, 0.1) is 12.8 Å². The number of nitrogens with zero attached hydrogens (tertiary/aromatic N) is 3. The van der Waals surface area contributed by atoms with Crippen LogP contribution < -0.4 is 5.32 Å². The minimum atomic E-state index is -0.293. The Hall–Kier alpha value is -1.93. The van der Waals surface area contributed by atoms with Crippen LogP contribution in [0.5, 0.6) is 0 Å². The topological polar surface area (TPSA) is 59.4 Å². The highest BCUT2D eigenvalue weighted by atomic mass is 32.1. The van der Waals surface area contributed by atoms with Crippen molar-refractivity contribution < 1.29 is 9.53 Å². The van der Waals surface area contributed by atoms with Crippen LogP contribution in [0.4, 0.5) is 5.00 Å². The molecule has 0 radical (unpaired) electrons. The zero-order chi connectivity index (χ0) is 19.7. The van der Waals surface area contributed by atoms with Crippen LogP contribution in [0.2, 0.25) is 0 Å². The Kier molecular flexibility index (Phi) is 5.86. The molecule has 0 bridgehead atoms. The fraction of sp³-hybridized carbons (Fsp3) is 0.526. The summed E-state index contributed by atoms with van der Waals surface area (Å²) < 4.78 is 6.85. The highest BCUT2D eigenvalue weighted by Crippen LogP contribution is 2.40. The van der Waals surface area contributed by atoms with Gasteiger partial charge in [0, 0.05) is 37.3 Å². The van der Waals surface area contributed by atoms with Crippen molar-refractivity contribution in [3.63, 3.8) is 0 Å². The summed E-state index contributed by atoms with van der Waals surface area (Å²) in [4.78, 5) is 15.6. The van der Waals surface area contributed by atoms with Crippen molar-refractivity contribution in [2.45, 2.75) is 39.7 Å². The van der Waals surface area contributed by atoms with Gasteiger partial charge in [0.15, 0.2) is 5.11 Å². The Labute approximate surface area is 169 Å². The number of thiophene rings is 1. The number of anilines is 1. The van der Waals surface area contributed by atoms with E-state index < -0.39 is 0 Å². The second-order valence-electron chi connectivity index (χ2n) is 7.25. The predicted octanol–water partition coefficient (Wildman–Crippen LogP) is 3.53. The number of esters is 1. The number of nitrogens with one attached hydrogen (secondary N) is 1. The smallest absolute Gasteiger partial charge is 0.341 e. The molecule has 1 aliphatic rings. The van der Waals surface area contributed by atoms with Gasteiger partial charge in [-0.05, 0) is 49.9 Å². The molecular formula is C19H26N4O2S2. The molecule has 0 fully saturated rings. The third-order valence-electron chi connectivity index (χ3n) is 4.99. The first kappa shape index (κ1) is 19.8. The molecule has 1 aliphatic carbocycles. The van der Waals surface area contributed by atoms with Gasteiger partial charge in [-0.15, -0.1) is 11.3 Å². The predicted molar refractivity (Wildman–Crippen MR) is 112 cm³/mol. The SMILES string of the molecule is COC(=O)c1c(NC(=S)N(C)Cc2cn(C)nc2C)sc2c1CCC(C)C2. The highest BCUT2D eigenvalue weighted by Gasteiger charge is 2.28. The van der Waals surface area contributed by atoms with Gasteiger partial charge in [-0.2, -0.15) is 5.10 Å². The lowest BCUT2D eigenvalue weighted by molar-refractivity contribution is 0.0601. The first-order chi connectivity index (χ1) is 12.8. The molecule has 0 saturated heterocycles. The van der Waals surface area contributed by atoms with Crippen LogP contribution in [-0.4, -0.2) is 39.9 Å². The average Bonchev–Trinajstić information content (AvgIpc) is 3.12. The molecule has 2 aromatic heterocycles. The third-order valence-corrected chi connectivity index (χ3v) is 6.57. The van der Waals surface area contributed by atoms with E-state index in [1.54, 1.807) is 16.0 Å². The molecule has 0 aliphatic heterocycles. The average molecular weight is 407 g/mol. The first-order valence-electron chi connectivity index (χ1n) is 9.04. The fourth-order valence-corrected chi connectivity index (χ4v) is 5.11. The van der Waals surface area contributed by atoms with Crippen molar-refractivity contribution in [2.24, 2.45) is 13.0 Å². The number of methoxy groups -OCH3 is 1. The maximum atomic E-state index is 12.4. The van der Waals surface area contributed by atoms with Crippen molar-refractivity contribution in [3.8, 4) is 0 Å². The van der Waals surface area contributed by atoms with Crippen LogP contribution in [0.15, 0.2) is 6.20 Å². The number of ether oxygens (including phenoxy) is 1. The summed E-state index contributed by atoms with van der Waals surface area (Å²) in [5.74, 6) is 0.343. The third kappa shape index (κ3) is 4.16. The van der Waals surface area contributed by atoms with Gasteiger partial charge in [0.25, 0.3) is 0 Å². The van der Waals surface area contributed by atoms with E-state index in [1.807, 2.05) is 32.1 Å². The summed E-state index contributed by atoms with van der Waals surface area (Å²) in [6.45, 7) is 4.90. The number of aryl methyl sites for hydroxylation is 2. The zero-order valence-corrected chi connectivity index (χ0v) is 18.1. The van der Waals surface area contributed by atoms with Gasteiger partial charge in [0.05, 0.1) is 18.4 Å². The Morgan fingerprint density at radius 2 is 2.30 bits per heavy atom. The normalized spacial score (nSPS) is 16.0. The van der Waals surface area contributed by atoms with Crippen LogP contribution in [0.25, 0.3) is 0 Å². The summed E-state index contributed by atoms with van der Waals surface area (Å²) in [6.07, 6.45) is 5.01. The molecule has 0 saturated carbocycles. The number of hydrogen-bond acceptors (Lipinski definition) is 5. The molecule has 27 heavy (non-hydrogen) atoms. The summed E-state index contributed by atoms with van der Waals surface area (Å²) in [5.41, 5.74) is 3.89. The highest BCUT2D eigenvalue weighted by molar-refractivity contribution is 7.80. The van der Waals surface area contributed by atoms with Crippen molar-refractivity contribution >= 4 is 39.6 Å². The zero-order valence-electron chi connectivity index (χ0n) is 16.5. The van der Waals surface area contributed by atoms with Crippen LogP contribution in [0.3, 0.4) is 0 Å². The van der Waals surface area contributed by atoms with Gasteiger partial charge < -0.3 is 15.0 Å². The second-order valence-corrected chi connectivity index (χ2v) is 8.74. The number of hydrogen-bond donors (Lipinski definition) is 1. The summed E-state index contributed by atoms with van der Waals surface area (Å²) >= 11 is 7.22. The number of carbonyl (C=O) groups excluding carboxylic acids is 1. The van der Waals surface area contributed by atoms with E-state index in [0.29, 0.717) is 23.1 Å². The molecule has 2 aromatic rings. The van der Waals surface area contributed by atoms with Gasteiger partial charge in [-0.3, -0.25) is 4.68 Å². The number of fused-ring (bicyclic) bond motifs is 1. The lowest BCUT2D eigenvalue weighted by atomic mass is 9.88. The lowest BCUT2D eigenvalue weighted by Crippen LogP contribution is -2.31. The second kappa shape index (κ2) is 7.98. The molecule has 0 spiro atoms. The molecule has 8 heteroatoms. The molecule has 3 rings (SSSR count). The Balaban J connectivity index is 1.80. The van der Waals surface area contributed by atoms with Crippen molar-refractivity contribution in [2.75, 3.05) is 19.5 Å². The molecule has 0 amide bonds. The minimum absolute atomic E-state index is 0.293. The largest absolute Gasteiger partial charge is 0.465 e. The van der Waals surface area contributed by atoms with E-state index >= 15 is 0 Å². The maximum Gasteiger partial charge on any atom is 0.341 e. The van der Waals surface area contributed by atoms with Crippen LogP contribution in [0.1, 0.15) is 45.4 Å². The standard InChI is InChI=1S/C19H26N4O2S2/c1-11-6-7-14-15(8-11)27-17(16(14)18(24)25-5)20-19(26)22(3)9-13-10-23(4)21-12(13)2/h10-11H,6-9H2,1-5H3,(H,20,26). The van der Waals surface area contributed by atoms with Crippen molar-refractivity contribution in [1.29, 1.82) is 0 Å². The Bertz CT molecular complexity index is 871. The fourth-order valence-electron chi connectivity index (χ4n) is 3.48. The number of rotatable bonds is 4. The molecule has 2 heterocycles. The maximum absolute atomic E-state index is 12.4. The monoisotopic (exact) mass is 406 g/mol. The van der Waals surface area contributed by atoms with Gasteiger partial charge in [-0.25, -0.2) is 4.79 Å². The molecular weight excluding hydrogens is 380 g/mol. The minimum Gasteiger partial charge on any atom is -0.465 e. The molecule has 6 nitrogen and oxygen atoms in total. The van der Waals surface area contributed by atoms with E-state index in [4.69, 9.17) is 17.0 Å². The van der Waals surface area contributed by atoms with Gasteiger partial charge in [0.1, 0.15) is 5.00 Å². The van der Waals surface area contributed by atoms with Gasteiger partial charge >= 0.3 is 5.97 Å². The number of aromatic nitrogens is 2. The quantitative estimate of drug-likeness (QED) is 0.619. The summed E-state index contributed by atoms with van der Waals surface area (Å²) in [7, 11) is 5.28. The summed E-state index contributed by atoms with van der Waals surface area (Å²) in [5, 5.41) is 9.04. The van der Waals surface area contributed by atoms with Gasteiger partial charge in [0.2, 0.25) is 0 Å². The van der Waals surface area contributed by atoms with E-state index in [1.165, 1.54) is 12.0 Å². The number of thiocarbonyl (C=S) groups is 1.